The van der Waals surface area contributed by atoms with Crippen molar-refractivity contribution in [1.82, 2.24) is 14.9 Å². The van der Waals surface area contributed by atoms with Crippen LogP contribution in [0.25, 0.3) is 22.3 Å². The molecule has 1 aromatic carbocycles. The van der Waals surface area contributed by atoms with E-state index in [0.29, 0.717) is 34.8 Å². The molecule has 0 bridgehead atoms. The summed E-state index contributed by atoms with van der Waals surface area (Å²) in [6.07, 6.45) is 1.36. The number of amides is 1. The number of halogens is 1. The number of aliphatic hydroxyl groups excluding tert-OH is 1. The second kappa shape index (κ2) is 8.61. The Morgan fingerprint density at radius 2 is 2.03 bits per heavy atom. The number of aromatic nitrogens is 2. The molecule has 9 nitrogen and oxygen atoms in total. The second-order valence-corrected chi connectivity index (χ2v) is 11.8. The molecule has 0 saturated heterocycles. The van der Waals surface area contributed by atoms with Crippen LogP contribution in [0.5, 0.6) is 0 Å². The Kier molecular flexibility index (Phi) is 5.74. The fourth-order valence-corrected chi connectivity index (χ4v) is 6.34. The number of aryl methyl sites for hydroxylation is 1. The number of hydrogen-bond donors (Lipinski definition) is 3. The van der Waals surface area contributed by atoms with Crippen LogP contribution in [0.15, 0.2) is 16.9 Å². The molecule has 1 aliphatic carbocycles. The van der Waals surface area contributed by atoms with Gasteiger partial charge in [-0.1, -0.05) is 18.5 Å². The highest BCUT2D eigenvalue weighted by molar-refractivity contribution is 6.32. The van der Waals surface area contributed by atoms with E-state index in [0.717, 1.165) is 27.6 Å². The van der Waals surface area contributed by atoms with Gasteiger partial charge in [0, 0.05) is 21.5 Å². The Morgan fingerprint density at radius 1 is 1.28 bits per heavy atom. The highest BCUT2D eigenvalue weighted by atomic mass is 35.5. The number of rotatable bonds is 4. The monoisotopic (exact) mass is 551 g/mol. The average molecular weight is 552 g/mol. The zero-order chi connectivity index (χ0) is 28.0. The largest absolute Gasteiger partial charge is 0.458 e. The minimum atomic E-state index is -1.92. The third-order valence-corrected chi connectivity index (χ3v) is 9.09. The van der Waals surface area contributed by atoms with E-state index in [9.17, 15) is 24.6 Å². The summed E-state index contributed by atoms with van der Waals surface area (Å²) in [5, 5.41) is 25.6. The molecule has 39 heavy (non-hydrogen) atoms. The number of benzene rings is 1. The molecule has 204 valence electrons. The van der Waals surface area contributed by atoms with E-state index in [1.165, 1.54) is 0 Å². The lowest BCUT2D eigenvalue weighted by Crippen LogP contribution is -2.44. The zero-order valence-corrected chi connectivity index (χ0v) is 23.0. The molecule has 0 spiro atoms. The molecule has 10 heteroatoms. The Hall–Kier alpha value is -3.27. The van der Waals surface area contributed by atoms with Gasteiger partial charge < -0.3 is 24.8 Å². The first kappa shape index (κ1) is 26.0. The maximum atomic E-state index is 13.7. The van der Waals surface area contributed by atoms with E-state index >= 15 is 0 Å². The standard InChI is InChI=1S/C29H30ClN3O6/c1-5-29(38)17-8-21-24-15(10-33(21)25(35)16(17)11-39-27(29)37)23-19(32-26(36)28(3,4)12-34)7-6-14-13(2)18(30)9-20(31-24)22(14)23/h8-9,19,34,38H,5-7,10-12H2,1-4H3,(H,32,36)/t19-,29-/m0/s1. The Labute approximate surface area is 229 Å². The number of esters is 1. The lowest BCUT2D eigenvalue weighted by atomic mass is 9.81. The number of cyclic esters (lactones) is 1. The first-order chi connectivity index (χ1) is 18.4. The molecule has 1 amide bonds. The smallest absolute Gasteiger partial charge is 0.343 e. The summed E-state index contributed by atoms with van der Waals surface area (Å²) in [5.74, 6) is -1.04. The molecule has 2 aliphatic heterocycles. The van der Waals surface area contributed by atoms with Crippen LogP contribution in [0.4, 0.5) is 0 Å². The van der Waals surface area contributed by atoms with E-state index in [1.807, 2.05) is 6.92 Å². The van der Waals surface area contributed by atoms with E-state index < -0.39 is 17.0 Å². The number of aliphatic hydroxyl groups is 2. The third kappa shape index (κ3) is 3.53. The van der Waals surface area contributed by atoms with Crippen molar-refractivity contribution in [2.75, 3.05) is 6.61 Å². The Balaban J connectivity index is 1.62. The van der Waals surface area contributed by atoms with E-state index in [-0.39, 0.29) is 54.8 Å². The fraction of sp³-hybridized carbons (Fsp3) is 0.448. The molecule has 3 N–H and O–H groups in total. The summed E-state index contributed by atoms with van der Waals surface area (Å²) < 4.78 is 6.79. The van der Waals surface area contributed by atoms with Gasteiger partial charge in [-0.05, 0) is 68.9 Å². The average Bonchev–Trinajstić information content (AvgIpc) is 3.28. The summed E-state index contributed by atoms with van der Waals surface area (Å²) in [7, 11) is 0. The molecule has 4 heterocycles. The normalized spacial score (nSPS) is 21.3. The van der Waals surface area contributed by atoms with Crippen LogP contribution < -0.4 is 10.9 Å². The van der Waals surface area contributed by atoms with Crippen LogP contribution in [0.2, 0.25) is 5.02 Å². The van der Waals surface area contributed by atoms with Crippen molar-refractivity contribution in [2.45, 2.75) is 71.8 Å². The van der Waals surface area contributed by atoms with Crippen LogP contribution in [0.1, 0.15) is 73.0 Å². The Morgan fingerprint density at radius 3 is 2.72 bits per heavy atom. The quantitative estimate of drug-likeness (QED) is 0.332. The van der Waals surface area contributed by atoms with Crippen LogP contribution >= 0.6 is 11.6 Å². The predicted molar refractivity (Wildman–Crippen MR) is 144 cm³/mol. The number of nitrogens with zero attached hydrogens (tertiary/aromatic N) is 2. The molecule has 0 radical (unpaired) electrons. The number of ether oxygens (including phenoxy) is 1. The first-order valence-corrected chi connectivity index (χ1v) is 13.5. The lowest BCUT2D eigenvalue weighted by Gasteiger charge is -2.32. The molecule has 0 saturated carbocycles. The first-order valence-electron chi connectivity index (χ1n) is 13.2. The Bertz CT molecular complexity index is 1680. The van der Waals surface area contributed by atoms with E-state index in [1.54, 1.807) is 37.5 Å². The summed E-state index contributed by atoms with van der Waals surface area (Å²) in [4.78, 5) is 44.4. The summed E-state index contributed by atoms with van der Waals surface area (Å²) in [6.45, 7) is 6.73. The zero-order valence-electron chi connectivity index (χ0n) is 22.3. The van der Waals surface area contributed by atoms with Gasteiger partial charge in [0.05, 0.1) is 47.1 Å². The SMILES string of the molecule is CC[C@@]1(O)C(=O)OCc2c1cc1n(c2=O)Cc2c-1nc1cc(Cl)c(C)c3c1c2[C@@H](NC(=O)C(C)(C)CO)CC3. The van der Waals surface area contributed by atoms with Crippen molar-refractivity contribution in [2.24, 2.45) is 5.41 Å². The maximum absolute atomic E-state index is 13.7. The number of carbonyl (C=O) groups is 2. The maximum Gasteiger partial charge on any atom is 0.343 e. The van der Waals surface area contributed by atoms with Gasteiger partial charge >= 0.3 is 5.97 Å². The summed E-state index contributed by atoms with van der Waals surface area (Å²) in [5.41, 5.74) is 2.69. The highest BCUT2D eigenvalue weighted by Crippen LogP contribution is 2.46. The van der Waals surface area contributed by atoms with Crippen molar-refractivity contribution < 1.29 is 24.5 Å². The fourth-order valence-electron chi connectivity index (χ4n) is 6.12. The van der Waals surface area contributed by atoms with Gasteiger partial charge in [-0.3, -0.25) is 9.59 Å². The molecule has 0 fully saturated rings. The number of carbonyl (C=O) groups excluding carboxylic acids is 2. The molecule has 6 rings (SSSR count). The van der Waals surface area contributed by atoms with Crippen LogP contribution in [-0.2, 0) is 39.5 Å². The third-order valence-electron chi connectivity index (χ3n) is 8.69. The second-order valence-electron chi connectivity index (χ2n) is 11.4. The summed E-state index contributed by atoms with van der Waals surface area (Å²) in [6, 6.07) is 3.12. The van der Waals surface area contributed by atoms with Crippen molar-refractivity contribution in [1.29, 1.82) is 0 Å². The van der Waals surface area contributed by atoms with Crippen LogP contribution in [-0.4, -0.2) is 38.2 Å². The van der Waals surface area contributed by atoms with Gasteiger partial charge in [-0.25, -0.2) is 9.78 Å². The predicted octanol–water partition coefficient (Wildman–Crippen LogP) is 3.16. The molecular formula is C29H30ClN3O6. The number of fused-ring (bicyclic) bond motifs is 5. The topological polar surface area (TPSA) is 131 Å². The lowest BCUT2D eigenvalue weighted by molar-refractivity contribution is -0.172. The van der Waals surface area contributed by atoms with E-state index in [2.05, 4.69) is 5.32 Å². The van der Waals surface area contributed by atoms with Gasteiger partial charge in [-0.2, -0.15) is 0 Å². The van der Waals surface area contributed by atoms with Crippen LogP contribution in [0, 0.1) is 12.3 Å². The van der Waals surface area contributed by atoms with Crippen LogP contribution in [0.3, 0.4) is 0 Å². The molecule has 3 aliphatic rings. The van der Waals surface area contributed by atoms with Gasteiger partial charge in [0.1, 0.15) is 6.61 Å². The molecule has 2 aromatic heterocycles. The van der Waals surface area contributed by atoms with Gasteiger partial charge in [0.25, 0.3) is 5.56 Å². The van der Waals surface area contributed by atoms with Gasteiger partial charge in [0.15, 0.2) is 5.60 Å². The number of nitrogens with one attached hydrogen (secondary N) is 1. The molecule has 2 atom stereocenters. The van der Waals surface area contributed by atoms with E-state index in [4.69, 9.17) is 21.3 Å². The number of hydrogen-bond acceptors (Lipinski definition) is 7. The molecular weight excluding hydrogens is 522 g/mol. The molecule has 0 unspecified atom stereocenters. The summed E-state index contributed by atoms with van der Waals surface area (Å²) >= 11 is 6.61. The molecule has 3 aromatic rings. The van der Waals surface area contributed by atoms with Crippen molar-refractivity contribution in [3.8, 4) is 11.4 Å². The van der Waals surface area contributed by atoms with Gasteiger partial charge in [0.2, 0.25) is 5.91 Å². The minimum absolute atomic E-state index is 0.0535. The minimum Gasteiger partial charge on any atom is -0.458 e. The number of pyridine rings is 2. The van der Waals surface area contributed by atoms with Crippen molar-refractivity contribution >= 4 is 34.4 Å². The van der Waals surface area contributed by atoms with Crippen molar-refractivity contribution in [3.63, 3.8) is 0 Å². The van der Waals surface area contributed by atoms with Gasteiger partial charge in [-0.15, -0.1) is 0 Å². The van der Waals surface area contributed by atoms with Crippen molar-refractivity contribution in [3.05, 3.63) is 60.9 Å². The highest BCUT2D eigenvalue weighted by Gasteiger charge is 2.46.